The zero-order chi connectivity index (χ0) is 18.2. The Bertz CT molecular complexity index is 640. The minimum Gasteiger partial charge on any atom is -0.393 e. The molecule has 1 amide bonds. The Kier molecular flexibility index (Phi) is 6.16. The highest BCUT2D eigenvalue weighted by Crippen LogP contribution is 2.43. The molecule has 27 heavy (non-hydrogen) atoms. The van der Waals surface area contributed by atoms with Crippen molar-refractivity contribution in [2.24, 2.45) is 5.73 Å². The second-order valence-corrected chi connectivity index (χ2v) is 8.45. The highest BCUT2D eigenvalue weighted by molar-refractivity contribution is 5.86. The van der Waals surface area contributed by atoms with Crippen LogP contribution in [0, 0.1) is 0 Å². The van der Waals surface area contributed by atoms with Gasteiger partial charge < -0.3 is 20.5 Å². The summed E-state index contributed by atoms with van der Waals surface area (Å²) in [6.45, 7) is 1.35. The predicted molar refractivity (Wildman–Crippen MR) is 107 cm³/mol. The molecule has 1 aromatic carbocycles. The predicted octanol–water partition coefficient (Wildman–Crippen LogP) is 2.95. The van der Waals surface area contributed by atoms with Gasteiger partial charge >= 0.3 is 0 Å². The fraction of sp³-hybridized carbons (Fsp3) is 0.667. The van der Waals surface area contributed by atoms with Gasteiger partial charge in [0.15, 0.2) is 0 Å². The van der Waals surface area contributed by atoms with Crippen LogP contribution in [0.5, 0.6) is 0 Å². The molecule has 0 bridgehead atoms. The van der Waals surface area contributed by atoms with Gasteiger partial charge in [0.05, 0.1) is 23.3 Å². The molecule has 0 radical (unpaired) electrons. The van der Waals surface area contributed by atoms with Crippen molar-refractivity contribution in [3.63, 3.8) is 0 Å². The van der Waals surface area contributed by atoms with Gasteiger partial charge in [-0.25, -0.2) is 0 Å². The Morgan fingerprint density at radius 2 is 1.74 bits per heavy atom. The molecule has 0 aromatic heterocycles. The molecule has 5 nitrogen and oxygen atoms in total. The number of piperidine rings is 1. The standard InChI is InChI=1S/C21H30N2O3.ClH/c22-21(8-4-5-9-21)19(25)23-12-10-20(11-13-23)15-17(24)14-18(26-20)16-6-2-1-3-7-16;/h1-3,6-7,17-18,24H,4-5,8-15,22H2;1H/t17-,18-;/m1./s1. The molecular formula is C21H31ClN2O3. The lowest BCUT2D eigenvalue weighted by atomic mass is 9.80. The Morgan fingerprint density at radius 3 is 2.37 bits per heavy atom. The summed E-state index contributed by atoms with van der Waals surface area (Å²) in [5.74, 6) is 0.112. The molecule has 2 aliphatic heterocycles. The fourth-order valence-corrected chi connectivity index (χ4v) is 5.00. The number of nitrogens with zero attached hydrogens (tertiary/aromatic N) is 1. The van der Waals surface area contributed by atoms with Gasteiger partial charge in [0.25, 0.3) is 0 Å². The van der Waals surface area contributed by atoms with Gasteiger partial charge in [0, 0.05) is 25.9 Å². The normalized spacial score (nSPS) is 29.3. The molecule has 1 aliphatic carbocycles. The SMILES string of the molecule is Cl.NC1(C(=O)N2CCC3(CC2)C[C@H](O)C[C@H](c2ccccc2)O3)CCCC1. The van der Waals surface area contributed by atoms with Gasteiger partial charge in [0.2, 0.25) is 5.91 Å². The number of hydrogen-bond acceptors (Lipinski definition) is 4. The van der Waals surface area contributed by atoms with E-state index in [9.17, 15) is 9.90 Å². The van der Waals surface area contributed by atoms with Crippen LogP contribution in [-0.2, 0) is 9.53 Å². The van der Waals surface area contributed by atoms with Crippen LogP contribution in [0.1, 0.15) is 63.0 Å². The molecule has 3 N–H and O–H groups in total. The average molecular weight is 395 g/mol. The molecule has 2 saturated heterocycles. The molecule has 1 saturated carbocycles. The molecule has 4 rings (SSSR count). The van der Waals surface area contributed by atoms with Crippen LogP contribution < -0.4 is 5.73 Å². The number of rotatable bonds is 2. The van der Waals surface area contributed by atoms with E-state index in [1.165, 1.54) is 0 Å². The molecule has 1 aromatic rings. The molecule has 3 fully saturated rings. The van der Waals surface area contributed by atoms with E-state index in [0.29, 0.717) is 25.9 Å². The van der Waals surface area contributed by atoms with Crippen LogP contribution in [0.3, 0.4) is 0 Å². The van der Waals surface area contributed by atoms with E-state index in [0.717, 1.165) is 44.1 Å². The van der Waals surface area contributed by atoms with Crippen LogP contribution in [0.15, 0.2) is 30.3 Å². The van der Waals surface area contributed by atoms with Gasteiger partial charge in [-0.05, 0) is 31.2 Å². The molecular weight excluding hydrogens is 364 g/mol. The van der Waals surface area contributed by atoms with E-state index in [1.807, 2.05) is 23.1 Å². The number of nitrogens with two attached hydrogens (primary N) is 1. The van der Waals surface area contributed by atoms with Gasteiger partial charge in [-0.1, -0.05) is 43.2 Å². The summed E-state index contributed by atoms with van der Waals surface area (Å²) in [6, 6.07) is 10.1. The average Bonchev–Trinajstić information content (AvgIpc) is 3.10. The van der Waals surface area contributed by atoms with Crippen LogP contribution in [0.4, 0.5) is 0 Å². The molecule has 0 unspecified atom stereocenters. The number of amides is 1. The lowest BCUT2D eigenvalue weighted by molar-refractivity contribution is -0.186. The van der Waals surface area contributed by atoms with Gasteiger partial charge in [-0.3, -0.25) is 4.79 Å². The van der Waals surface area contributed by atoms with Gasteiger partial charge in [0.1, 0.15) is 0 Å². The summed E-state index contributed by atoms with van der Waals surface area (Å²) < 4.78 is 6.52. The van der Waals surface area contributed by atoms with Crippen LogP contribution in [0.2, 0.25) is 0 Å². The summed E-state index contributed by atoms with van der Waals surface area (Å²) in [5.41, 5.74) is 6.51. The van der Waals surface area contributed by atoms with Gasteiger partial charge in [-0.15, -0.1) is 12.4 Å². The van der Waals surface area contributed by atoms with E-state index < -0.39 is 5.54 Å². The Balaban J connectivity index is 0.00000210. The van der Waals surface area contributed by atoms with Crippen molar-refractivity contribution in [2.75, 3.05) is 13.1 Å². The molecule has 2 atom stereocenters. The first-order chi connectivity index (χ1) is 12.5. The zero-order valence-electron chi connectivity index (χ0n) is 15.8. The van der Waals surface area contributed by atoms with Gasteiger partial charge in [-0.2, -0.15) is 0 Å². The highest BCUT2D eigenvalue weighted by Gasteiger charge is 2.47. The van der Waals surface area contributed by atoms with Crippen molar-refractivity contribution >= 4 is 18.3 Å². The van der Waals surface area contributed by atoms with Crippen LogP contribution in [-0.4, -0.2) is 46.2 Å². The van der Waals surface area contributed by atoms with Crippen LogP contribution >= 0.6 is 12.4 Å². The van der Waals surface area contributed by atoms with Crippen molar-refractivity contribution < 1.29 is 14.6 Å². The topological polar surface area (TPSA) is 75.8 Å². The quantitative estimate of drug-likeness (QED) is 0.808. The third kappa shape index (κ3) is 4.16. The lowest BCUT2D eigenvalue weighted by Gasteiger charge is -2.48. The first-order valence-corrected chi connectivity index (χ1v) is 9.99. The van der Waals surface area contributed by atoms with Crippen molar-refractivity contribution in [1.82, 2.24) is 4.90 Å². The number of benzene rings is 1. The number of hydrogen-bond donors (Lipinski definition) is 2. The zero-order valence-corrected chi connectivity index (χ0v) is 16.6. The van der Waals surface area contributed by atoms with E-state index in [1.54, 1.807) is 0 Å². The summed E-state index contributed by atoms with van der Waals surface area (Å²) in [4.78, 5) is 14.8. The molecule has 2 heterocycles. The molecule has 3 aliphatic rings. The largest absolute Gasteiger partial charge is 0.393 e. The Labute approximate surface area is 167 Å². The van der Waals surface area contributed by atoms with E-state index in [2.05, 4.69) is 12.1 Å². The second-order valence-electron chi connectivity index (χ2n) is 8.45. The lowest BCUT2D eigenvalue weighted by Crippen LogP contribution is -2.58. The van der Waals surface area contributed by atoms with E-state index in [-0.39, 0.29) is 36.1 Å². The summed E-state index contributed by atoms with van der Waals surface area (Å²) in [5, 5.41) is 10.5. The summed E-state index contributed by atoms with van der Waals surface area (Å²) in [6.07, 6.45) is 6.13. The number of aliphatic hydroxyl groups excluding tert-OH is 1. The molecule has 150 valence electrons. The number of carbonyl (C=O) groups is 1. The van der Waals surface area contributed by atoms with Crippen molar-refractivity contribution in [3.8, 4) is 0 Å². The van der Waals surface area contributed by atoms with E-state index >= 15 is 0 Å². The Hall–Kier alpha value is -1.14. The smallest absolute Gasteiger partial charge is 0.242 e. The second kappa shape index (κ2) is 8.08. The maximum atomic E-state index is 12.9. The number of halogens is 1. The summed E-state index contributed by atoms with van der Waals surface area (Å²) in [7, 11) is 0. The van der Waals surface area contributed by atoms with E-state index in [4.69, 9.17) is 10.5 Å². The molecule has 1 spiro atoms. The van der Waals surface area contributed by atoms with Crippen LogP contribution in [0.25, 0.3) is 0 Å². The number of carbonyl (C=O) groups excluding carboxylic acids is 1. The monoisotopic (exact) mass is 394 g/mol. The minimum absolute atomic E-state index is 0. The minimum atomic E-state index is -0.649. The third-order valence-corrected chi connectivity index (χ3v) is 6.54. The number of ether oxygens (including phenoxy) is 1. The fourth-order valence-electron chi connectivity index (χ4n) is 5.00. The Morgan fingerprint density at radius 1 is 1.11 bits per heavy atom. The van der Waals surface area contributed by atoms with Crippen molar-refractivity contribution in [2.45, 2.75) is 74.7 Å². The first-order valence-electron chi connectivity index (χ1n) is 9.99. The number of likely N-dealkylation sites (tertiary alicyclic amines) is 1. The number of aliphatic hydroxyl groups is 1. The third-order valence-electron chi connectivity index (χ3n) is 6.54. The maximum absolute atomic E-state index is 12.9. The molecule has 6 heteroatoms. The summed E-state index contributed by atoms with van der Waals surface area (Å²) >= 11 is 0. The van der Waals surface area contributed by atoms with Crippen molar-refractivity contribution in [3.05, 3.63) is 35.9 Å². The maximum Gasteiger partial charge on any atom is 0.242 e. The highest BCUT2D eigenvalue weighted by atomic mass is 35.5. The van der Waals surface area contributed by atoms with Crippen molar-refractivity contribution in [1.29, 1.82) is 0 Å². The first kappa shape index (κ1) is 20.6.